The predicted molar refractivity (Wildman–Crippen MR) is 118 cm³/mol. The lowest BCUT2D eigenvalue weighted by atomic mass is 10.1. The van der Waals surface area contributed by atoms with Gasteiger partial charge in [0.25, 0.3) is 5.91 Å². The van der Waals surface area contributed by atoms with Crippen LogP contribution in [0.5, 0.6) is 0 Å². The Balaban J connectivity index is 1.33. The van der Waals surface area contributed by atoms with Gasteiger partial charge in [-0.1, -0.05) is 29.8 Å². The highest BCUT2D eigenvalue weighted by molar-refractivity contribution is 6.31. The number of pyridine rings is 1. The van der Waals surface area contributed by atoms with Crippen LogP contribution in [0.15, 0.2) is 48.8 Å². The molecule has 0 spiro atoms. The fourth-order valence-corrected chi connectivity index (χ4v) is 3.93. The summed E-state index contributed by atoms with van der Waals surface area (Å²) in [4.78, 5) is 21.4. The molecule has 0 unspecified atom stereocenters. The van der Waals surface area contributed by atoms with Crippen molar-refractivity contribution in [1.82, 2.24) is 24.6 Å². The first kappa shape index (κ1) is 20.6. The lowest BCUT2D eigenvalue weighted by Crippen LogP contribution is -2.48. The Bertz CT molecular complexity index is 1010. The number of amides is 1. The summed E-state index contributed by atoms with van der Waals surface area (Å²) in [5, 5.41) is 5.19. The van der Waals surface area contributed by atoms with Crippen molar-refractivity contribution in [2.24, 2.45) is 0 Å². The number of aryl methyl sites for hydroxylation is 1. The van der Waals surface area contributed by atoms with E-state index in [1.807, 2.05) is 60.0 Å². The van der Waals surface area contributed by atoms with E-state index in [1.165, 1.54) is 5.56 Å². The molecule has 3 heterocycles. The highest BCUT2D eigenvalue weighted by atomic mass is 35.5. The first-order chi connectivity index (χ1) is 14.5. The molecule has 0 aliphatic carbocycles. The molecular weight excluding hydrogens is 398 g/mol. The third-order valence-corrected chi connectivity index (χ3v) is 6.16. The summed E-state index contributed by atoms with van der Waals surface area (Å²) in [5.41, 5.74) is 4.82. The molecule has 1 aliphatic rings. The summed E-state index contributed by atoms with van der Waals surface area (Å²) in [5.74, 6) is 0.0942. The van der Waals surface area contributed by atoms with Gasteiger partial charge >= 0.3 is 0 Å². The maximum atomic E-state index is 12.9. The average molecular weight is 424 g/mol. The van der Waals surface area contributed by atoms with E-state index in [1.54, 1.807) is 6.20 Å². The third-order valence-electron chi connectivity index (χ3n) is 5.61. The standard InChI is InChI=1S/C23H26ClN5O/c1-17-22(24)18(2)29(26-17)16-19-5-7-21(8-6-19)23(30)28-12-10-27(11-13-28)15-20-4-3-9-25-14-20/h3-9,14H,10-13,15-16H2,1-2H3. The molecular formula is C23H26ClN5O. The lowest BCUT2D eigenvalue weighted by molar-refractivity contribution is 0.0628. The van der Waals surface area contributed by atoms with Crippen LogP contribution in [-0.4, -0.2) is 56.7 Å². The monoisotopic (exact) mass is 423 g/mol. The topological polar surface area (TPSA) is 54.3 Å². The van der Waals surface area contributed by atoms with Gasteiger partial charge in [0, 0.05) is 50.7 Å². The van der Waals surface area contributed by atoms with E-state index < -0.39 is 0 Å². The van der Waals surface area contributed by atoms with Gasteiger partial charge in [-0.2, -0.15) is 5.10 Å². The lowest BCUT2D eigenvalue weighted by Gasteiger charge is -2.34. The molecule has 156 valence electrons. The molecule has 1 aromatic carbocycles. The van der Waals surface area contributed by atoms with Crippen molar-refractivity contribution < 1.29 is 4.79 Å². The Kier molecular flexibility index (Phi) is 6.16. The summed E-state index contributed by atoms with van der Waals surface area (Å²) in [6, 6.07) is 11.9. The number of rotatable bonds is 5. The molecule has 0 atom stereocenters. The highest BCUT2D eigenvalue weighted by Gasteiger charge is 2.22. The molecule has 3 aromatic rings. The van der Waals surface area contributed by atoms with Crippen LogP contribution in [0, 0.1) is 13.8 Å². The van der Waals surface area contributed by atoms with Crippen molar-refractivity contribution in [3.8, 4) is 0 Å². The summed E-state index contributed by atoms with van der Waals surface area (Å²) in [6.07, 6.45) is 3.69. The van der Waals surface area contributed by atoms with Gasteiger partial charge in [0.05, 0.1) is 23.0 Å². The molecule has 1 aliphatic heterocycles. The molecule has 1 saturated heterocycles. The highest BCUT2D eigenvalue weighted by Crippen LogP contribution is 2.20. The first-order valence-electron chi connectivity index (χ1n) is 10.2. The molecule has 0 bridgehead atoms. The Morgan fingerprint density at radius 2 is 1.73 bits per heavy atom. The normalized spacial score (nSPS) is 14.8. The van der Waals surface area contributed by atoms with Crippen LogP contribution in [0.3, 0.4) is 0 Å². The van der Waals surface area contributed by atoms with Crippen molar-refractivity contribution in [2.75, 3.05) is 26.2 Å². The largest absolute Gasteiger partial charge is 0.336 e. The Morgan fingerprint density at radius 1 is 1.00 bits per heavy atom. The fourth-order valence-electron chi connectivity index (χ4n) is 3.80. The van der Waals surface area contributed by atoms with Crippen molar-refractivity contribution in [2.45, 2.75) is 26.9 Å². The molecule has 0 N–H and O–H groups in total. The first-order valence-corrected chi connectivity index (χ1v) is 10.6. The summed E-state index contributed by atoms with van der Waals surface area (Å²) >= 11 is 6.23. The number of benzene rings is 1. The van der Waals surface area contributed by atoms with Crippen LogP contribution in [0.4, 0.5) is 0 Å². The van der Waals surface area contributed by atoms with E-state index in [4.69, 9.17) is 11.6 Å². The summed E-state index contributed by atoms with van der Waals surface area (Å²) < 4.78 is 1.90. The maximum absolute atomic E-state index is 12.9. The number of nitrogens with zero attached hydrogens (tertiary/aromatic N) is 5. The molecule has 0 saturated carbocycles. The van der Waals surface area contributed by atoms with Gasteiger partial charge in [-0.25, -0.2) is 0 Å². The molecule has 2 aromatic heterocycles. The number of piperazine rings is 1. The third kappa shape index (κ3) is 4.55. The second kappa shape index (κ2) is 8.98. The van der Waals surface area contributed by atoms with E-state index in [0.29, 0.717) is 11.6 Å². The predicted octanol–water partition coefficient (Wildman–Crippen LogP) is 3.55. The van der Waals surface area contributed by atoms with Crippen molar-refractivity contribution in [3.05, 3.63) is 81.9 Å². The van der Waals surface area contributed by atoms with Crippen LogP contribution in [0.25, 0.3) is 0 Å². The molecule has 4 rings (SSSR count). The number of aromatic nitrogens is 3. The van der Waals surface area contributed by atoms with Crippen molar-refractivity contribution in [3.63, 3.8) is 0 Å². The molecule has 1 fully saturated rings. The number of hydrogen-bond donors (Lipinski definition) is 0. The minimum absolute atomic E-state index is 0.0942. The zero-order chi connectivity index (χ0) is 21.1. The molecule has 6 nitrogen and oxygen atoms in total. The number of carbonyl (C=O) groups is 1. The fraction of sp³-hybridized carbons (Fsp3) is 0.348. The van der Waals surface area contributed by atoms with Gasteiger partial charge in [-0.05, 0) is 43.2 Å². The molecule has 7 heteroatoms. The molecule has 0 radical (unpaired) electrons. The van der Waals surface area contributed by atoms with Crippen molar-refractivity contribution >= 4 is 17.5 Å². The van der Waals surface area contributed by atoms with Crippen LogP contribution in [0.2, 0.25) is 5.02 Å². The van der Waals surface area contributed by atoms with Gasteiger partial charge in [0.15, 0.2) is 0 Å². The molecule has 30 heavy (non-hydrogen) atoms. The minimum atomic E-state index is 0.0942. The number of halogens is 1. The SMILES string of the molecule is Cc1nn(Cc2ccc(C(=O)N3CCN(Cc4cccnc4)CC3)cc2)c(C)c1Cl. The number of hydrogen-bond acceptors (Lipinski definition) is 4. The van der Waals surface area contributed by atoms with Gasteiger partial charge in [0.2, 0.25) is 0 Å². The zero-order valence-electron chi connectivity index (χ0n) is 17.4. The van der Waals surface area contributed by atoms with Crippen LogP contribution in [0.1, 0.15) is 32.9 Å². The average Bonchev–Trinajstić information content (AvgIpc) is 3.01. The summed E-state index contributed by atoms with van der Waals surface area (Å²) in [7, 11) is 0. The smallest absolute Gasteiger partial charge is 0.253 e. The second-order valence-corrected chi connectivity index (χ2v) is 8.15. The second-order valence-electron chi connectivity index (χ2n) is 7.77. The van der Waals surface area contributed by atoms with Gasteiger partial charge in [-0.15, -0.1) is 0 Å². The van der Waals surface area contributed by atoms with Crippen LogP contribution in [-0.2, 0) is 13.1 Å². The Morgan fingerprint density at radius 3 is 2.33 bits per heavy atom. The Labute approximate surface area is 182 Å². The molecule has 1 amide bonds. The van der Waals surface area contributed by atoms with Crippen LogP contribution >= 0.6 is 11.6 Å². The van der Waals surface area contributed by atoms with Gasteiger partial charge in [0.1, 0.15) is 0 Å². The van der Waals surface area contributed by atoms with E-state index in [0.717, 1.165) is 55.2 Å². The van der Waals surface area contributed by atoms with E-state index >= 15 is 0 Å². The Hall–Kier alpha value is -2.70. The summed E-state index contributed by atoms with van der Waals surface area (Å²) in [6.45, 7) is 8.62. The van der Waals surface area contributed by atoms with E-state index in [-0.39, 0.29) is 5.91 Å². The van der Waals surface area contributed by atoms with Gasteiger partial charge < -0.3 is 4.90 Å². The zero-order valence-corrected chi connectivity index (χ0v) is 18.1. The number of carbonyl (C=O) groups excluding carboxylic acids is 1. The van der Waals surface area contributed by atoms with Crippen molar-refractivity contribution in [1.29, 1.82) is 0 Å². The minimum Gasteiger partial charge on any atom is -0.336 e. The van der Waals surface area contributed by atoms with Crippen LogP contribution < -0.4 is 0 Å². The maximum Gasteiger partial charge on any atom is 0.253 e. The van der Waals surface area contributed by atoms with E-state index in [9.17, 15) is 4.79 Å². The van der Waals surface area contributed by atoms with E-state index in [2.05, 4.69) is 21.0 Å². The van der Waals surface area contributed by atoms with Gasteiger partial charge in [-0.3, -0.25) is 19.4 Å². The quantitative estimate of drug-likeness (QED) is 0.629.